The minimum atomic E-state index is -1.19. The van der Waals surface area contributed by atoms with E-state index in [0.717, 1.165) is 16.5 Å². The van der Waals surface area contributed by atoms with E-state index in [2.05, 4.69) is 11.6 Å². The molecule has 1 aromatic carbocycles. The topological polar surface area (TPSA) is 68.1 Å². The molecule has 0 aliphatic rings. The van der Waals surface area contributed by atoms with Crippen LogP contribution in [0.15, 0.2) is 43.1 Å². The highest BCUT2D eigenvalue weighted by Crippen LogP contribution is 2.22. The van der Waals surface area contributed by atoms with E-state index < -0.39 is 11.5 Å². The molecule has 0 saturated carbocycles. The maximum atomic E-state index is 11.7. The number of carbonyl (C=O) groups is 1. The summed E-state index contributed by atoms with van der Waals surface area (Å²) in [4.78, 5) is 14.8. The molecule has 0 bridgehead atoms. The van der Waals surface area contributed by atoms with Gasteiger partial charge in [0.2, 0.25) is 0 Å². The number of ether oxygens (including phenoxy) is 1. The van der Waals surface area contributed by atoms with Crippen LogP contribution in [0, 0.1) is 0 Å². The largest absolute Gasteiger partial charge is 0.467 e. The van der Waals surface area contributed by atoms with Crippen molar-refractivity contribution < 1.29 is 9.53 Å². The summed E-state index contributed by atoms with van der Waals surface area (Å²) in [5.41, 5.74) is 6.82. The number of para-hydroxylation sites is 1. The maximum absolute atomic E-state index is 11.7. The van der Waals surface area contributed by atoms with Crippen molar-refractivity contribution in [3.63, 3.8) is 0 Å². The second kappa shape index (κ2) is 4.66. The number of carbonyl (C=O) groups excluding carboxylic acids is 1. The van der Waals surface area contributed by atoms with Crippen LogP contribution in [0.25, 0.3) is 10.9 Å². The fourth-order valence-electron chi connectivity index (χ4n) is 2.01. The zero-order valence-corrected chi connectivity index (χ0v) is 10.3. The first-order chi connectivity index (χ1) is 8.60. The predicted molar refractivity (Wildman–Crippen MR) is 71.1 cm³/mol. The molecule has 1 aromatic heterocycles. The maximum Gasteiger partial charge on any atom is 0.330 e. The molecule has 1 atom stereocenters. The van der Waals surface area contributed by atoms with Crippen molar-refractivity contribution in [3.8, 4) is 0 Å². The molecule has 2 rings (SSSR count). The van der Waals surface area contributed by atoms with Crippen LogP contribution >= 0.6 is 0 Å². The summed E-state index contributed by atoms with van der Waals surface area (Å²) in [5, 5.41) is 1.05. The van der Waals surface area contributed by atoms with Gasteiger partial charge in [0, 0.05) is 23.5 Å². The lowest BCUT2D eigenvalue weighted by Gasteiger charge is -2.22. The molecule has 18 heavy (non-hydrogen) atoms. The van der Waals surface area contributed by atoms with E-state index in [1.807, 2.05) is 30.5 Å². The average molecular weight is 244 g/mol. The Kier molecular flexibility index (Phi) is 3.21. The first-order valence-electron chi connectivity index (χ1n) is 5.66. The molecule has 0 spiro atoms. The van der Waals surface area contributed by atoms with Crippen LogP contribution in [0.4, 0.5) is 0 Å². The molecular formula is C14H16N2O2. The highest BCUT2D eigenvalue weighted by Gasteiger charge is 2.32. The summed E-state index contributed by atoms with van der Waals surface area (Å²) >= 11 is 0. The highest BCUT2D eigenvalue weighted by atomic mass is 16.5. The zero-order chi connectivity index (χ0) is 13.2. The summed E-state index contributed by atoms with van der Waals surface area (Å²) in [6.45, 7) is 3.63. The first-order valence-corrected chi connectivity index (χ1v) is 5.66. The zero-order valence-electron chi connectivity index (χ0n) is 10.3. The van der Waals surface area contributed by atoms with Crippen LogP contribution in [0.3, 0.4) is 0 Å². The van der Waals surface area contributed by atoms with Gasteiger partial charge < -0.3 is 15.5 Å². The smallest absolute Gasteiger partial charge is 0.330 e. The van der Waals surface area contributed by atoms with Gasteiger partial charge in [-0.1, -0.05) is 24.3 Å². The molecule has 94 valence electrons. The Balaban J connectivity index is 2.38. The first kappa shape index (κ1) is 12.4. The summed E-state index contributed by atoms with van der Waals surface area (Å²) in [6.07, 6.45) is 3.65. The predicted octanol–water partition coefficient (Wildman–Crippen LogP) is 1.77. The molecule has 1 unspecified atom stereocenters. The fourth-order valence-corrected chi connectivity index (χ4v) is 2.01. The molecule has 1 heterocycles. The summed E-state index contributed by atoms with van der Waals surface area (Å²) in [6, 6.07) is 7.86. The fraction of sp³-hybridized carbons (Fsp3) is 0.214. The van der Waals surface area contributed by atoms with Gasteiger partial charge in [-0.05, 0) is 11.6 Å². The van der Waals surface area contributed by atoms with E-state index in [1.165, 1.54) is 13.2 Å². The van der Waals surface area contributed by atoms with Crippen LogP contribution in [0.5, 0.6) is 0 Å². The van der Waals surface area contributed by atoms with Crippen molar-refractivity contribution in [1.29, 1.82) is 0 Å². The number of methoxy groups -OCH3 is 1. The van der Waals surface area contributed by atoms with Gasteiger partial charge in [-0.25, -0.2) is 4.79 Å². The van der Waals surface area contributed by atoms with Crippen molar-refractivity contribution in [2.45, 2.75) is 12.0 Å². The Hall–Kier alpha value is -2.07. The molecular weight excluding hydrogens is 228 g/mol. The van der Waals surface area contributed by atoms with Crippen LogP contribution in [-0.2, 0) is 16.0 Å². The minimum Gasteiger partial charge on any atom is -0.467 e. The Bertz CT molecular complexity index is 588. The molecule has 0 aliphatic heterocycles. The van der Waals surface area contributed by atoms with Crippen molar-refractivity contribution >= 4 is 16.9 Å². The second-order valence-corrected chi connectivity index (χ2v) is 4.27. The van der Waals surface area contributed by atoms with Gasteiger partial charge in [-0.15, -0.1) is 6.58 Å². The lowest BCUT2D eigenvalue weighted by atomic mass is 9.92. The number of aromatic amines is 1. The van der Waals surface area contributed by atoms with E-state index in [4.69, 9.17) is 10.5 Å². The number of nitrogens with one attached hydrogen (secondary N) is 1. The number of hydrogen-bond donors (Lipinski definition) is 2. The van der Waals surface area contributed by atoms with Gasteiger partial charge >= 0.3 is 5.97 Å². The van der Waals surface area contributed by atoms with Gasteiger partial charge in [0.15, 0.2) is 0 Å². The van der Waals surface area contributed by atoms with Crippen LogP contribution < -0.4 is 5.73 Å². The minimum absolute atomic E-state index is 0.354. The molecule has 4 heteroatoms. The van der Waals surface area contributed by atoms with Crippen LogP contribution in [0.1, 0.15) is 5.56 Å². The van der Waals surface area contributed by atoms with E-state index in [0.29, 0.717) is 6.42 Å². The molecule has 0 saturated heterocycles. The van der Waals surface area contributed by atoms with Gasteiger partial charge in [-0.2, -0.15) is 0 Å². The van der Waals surface area contributed by atoms with Crippen LogP contribution in [0.2, 0.25) is 0 Å². The van der Waals surface area contributed by atoms with Crippen molar-refractivity contribution in [1.82, 2.24) is 4.98 Å². The summed E-state index contributed by atoms with van der Waals surface area (Å²) in [5.74, 6) is -0.484. The van der Waals surface area contributed by atoms with Gasteiger partial charge in [0.05, 0.1) is 7.11 Å². The van der Waals surface area contributed by atoms with Gasteiger partial charge in [0.1, 0.15) is 5.54 Å². The third-order valence-corrected chi connectivity index (χ3v) is 3.09. The lowest BCUT2D eigenvalue weighted by Crippen LogP contribution is -2.48. The molecule has 0 fully saturated rings. The van der Waals surface area contributed by atoms with Crippen molar-refractivity contribution in [3.05, 3.63) is 48.7 Å². The summed E-state index contributed by atoms with van der Waals surface area (Å²) in [7, 11) is 1.32. The molecule has 0 aliphatic carbocycles. The number of H-pyrrole nitrogens is 1. The number of nitrogens with two attached hydrogens (primary N) is 1. The second-order valence-electron chi connectivity index (χ2n) is 4.27. The molecule has 0 radical (unpaired) electrons. The highest BCUT2D eigenvalue weighted by molar-refractivity contribution is 5.87. The van der Waals surface area contributed by atoms with E-state index in [9.17, 15) is 4.79 Å². The number of benzene rings is 1. The molecule has 4 nitrogen and oxygen atoms in total. The quantitative estimate of drug-likeness (QED) is 0.636. The SMILES string of the molecule is C=CC(N)(Cc1c[nH]c2ccccc12)C(=O)OC. The molecule has 2 aromatic rings. The van der Waals surface area contributed by atoms with Crippen molar-refractivity contribution in [2.75, 3.05) is 7.11 Å². The number of aromatic nitrogens is 1. The molecule has 3 N–H and O–H groups in total. The third kappa shape index (κ3) is 2.02. The van der Waals surface area contributed by atoms with E-state index >= 15 is 0 Å². The number of rotatable bonds is 4. The van der Waals surface area contributed by atoms with Gasteiger partial charge in [0.25, 0.3) is 0 Å². The average Bonchev–Trinajstić information content (AvgIpc) is 2.81. The Morgan fingerprint density at radius 1 is 1.56 bits per heavy atom. The summed E-state index contributed by atoms with van der Waals surface area (Å²) < 4.78 is 4.72. The van der Waals surface area contributed by atoms with Gasteiger partial charge in [-0.3, -0.25) is 0 Å². The lowest BCUT2D eigenvalue weighted by molar-refractivity contribution is -0.145. The standard InChI is InChI=1S/C14H16N2O2/c1-3-14(15,13(17)18-2)8-10-9-16-12-7-5-4-6-11(10)12/h3-7,9,16H,1,8,15H2,2H3. The number of fused-ring (bicyclic) bond motifs is 1. The Morgan fingerprint density at radius 3 is 2.94 bits per heavy atom. The normalized spacial score (nSPS) is 14.1. The third-order valence-electron chi connectivity index (χ3n) is 3.09. The monoisotopic (exact) mass is 244 g/mol. The Morgan fingerprint density at radius 2 is 2.28 bits per heavy atom. The Labute approximate surface area is 105 Å². The van der Waals surface area contributed by atoms with Crippen molar-refractivity contribution in [2.24, 2.45) is 5.73 Å². The number of esters is 1. The number of hydrogen-bond acceptors (Lipinski definition) is 3. The van der Waals surface area contributed by atoms with E-state index in [1.54, 1.807) is 0 Å². The van der Waals surface area contributed by atoms with E-state index in [-0.39, 0.29) is 0 Å². The molecule has 0 amide bonds. The van der Waals surface area contributed by atoms with Crippen LogP contribution in [-0.4, -0.2) is 23.6 Å².